The van der Waals surface area contributed by atoms with E-state index in [0.717, 1.165) is 4.90 Å². The zero-order valence-corrected chi connectivity index (χ0v) is 17.1. The van der Waals surface area contributed by atoms with Crippen molar-refractivity contribution in [3.63, 3.8) is 0 Å². The molecule has 1 fully saturated rings. The third-order valence-corrected chi connectivity index (χ3v) is 7.03. The summed E-state index contributed by atoms with van der Waals surface area (Å²) in [6, 6.07) is 12.5. The van der Waals surface area contributed by atoms with Gasteiger partial charge in [-0.1, -0.05) is 30.3 Å². The number of hydrogen-bond acceptors (Lipinski definition) is 7. The second kappa shape index (κ2) is 8.01. The Hall–Kier alpha value is -3.02. The molecule has 1 amide bonds. The molecule has 30 heavy (non-hydrogen) atoms. The van der Waals surface area contributed by atoms with E-state index in [2.05, 4.69) is 5.32 Å². The molecule has 0 aromatic heterocycles. The molecule has 3 rings (SSSR count). The third-order valence-electron chi connectivity index (χ3n) is 5.17. The number of amides is 1. The number of carboxylic acid groups (broad SMARTS) is 1. The van der Waals surface area contributed by atoms with Gasteiger partial charge in [0.05, 0.1) is 9.82 Å². The van der Waals surface area contributed by atoms with Crippen molar-refractivity contribution in [2.75, 3.05) is 7.11 Å². The fourth-order valence-corrected chi connectivity index (χ4v) is 5.28. The van der Waals surface area contributed by atoms with E-state index in [9.17, 15) is 28.4 Å². The SMILES string of the molecule is COC1(C)CC(c2cccc([N+](=O)[O-])c2)NC(S(=O)(=O)c2ccccc2)N1C(=O)O. The van der Waals surface area contributed by atoms with E-state index in [1.807, 2.05) is 0 Å². The van der Waals surface area contributed by atoms with Gasteiger partial charge >= 0.3 is 6.09 Å². The van der Waals surface area contributed by atoms with E-state index >= 15 is 0 Å². The second-order valence-corrected chi connectivity index (χ2v) is 9.03. The number of carbonyl (C=O) groups is 1. The first-order valence-electron chi connectivity index (χ1n) is 8.97. The number of nitro benzene ring substituents is 1. The van der Waals surface area contributed by atoms with Crippen molar-refractivity contribution in [3.8, 4) is 0 Å². The number of hydrogen-bond donors (Lipinski definition) is 2. The minimum Gasteiger partial charge on any atom is -0.465 e. The van der Waals surface area contributed by atoms with E-state index in [4.69, 9.17) is 4.74 Å². The van der Waals surface area contributed by atoms with Crippen LogP contribution in [0.15, 0.2) is 59.5 Å². The van der Waals surface area contributed by atoms with E-state index in [0.29, 0.717) is 5.56 Å². The maximum atomic E-state index is 13.3. The number of non-ortho nitro benzene ring substituents is 1. The summed E-state index contributed by atoms with van der Waals surface area (Å²) in [7, 11) is -2.89. The lowest BCUT2D eigenvalue weighted by Crippen LogP contribution is -2.67. The van der Waals surface area contributed by atoms with Gasteiger partial charge in [-0.25, -0.2) is 18.1 Å². The molecule has 0 saturated carbocycles. The molecule has 3 atom stereocenters. The highest BCUT2D eigenvalue weighted by Crippen LogP contribution is 2.39. The van der Waals surface area contributed by atoms with Crippen molar-refractivity contribution >= 4 is 21.6 Å². The number of benzene rings is 2. The average molecular weight is 435 g/mol. The largest absolute Gasteiger partial charge is 0.465 e. The molecular weight excluding hydrogens is 414 g/mol. The highest BCUT2D eigenvalue weighted by atomic mass is 32.2. The highest BCUT2D eigenvalue weighted by Gasteiger charge is 2.52. The maximum Gasteiger partial charge on any atom is 0.411 e. The van der Waals surface area contributed by atoms with E-state index in [1.165, 1.54) is 56.5 Å². The Labute approximate surface area is 173 Å². The van der Waals surface area contributed by atoms with Crippen molar-refractivity contribution in [1.82, 2.24) is 10.2 Å². The Balaban J connectivity index is 2.12. The number of methoxy groups -OCH3 is 1. The van der Waals surface area contributed by atoms with Crippen LogP contribution in [0, 0.1) is 10.1 Å². The van der Waals surface area contributed by atoms with E-state index in [1.54, 1.807) is 12.1 Å². The van der Waals surface area contributed by atoms with Crippen LogP contribution < -0.4 is 5.32 Å². The van der Waals surface area contributed by atoms with Gasteiger partial charge in [-0.3, -0.25) is 15.4 Å². The van der Waals surface area contributed by atoms with Crippen LogP contribution >= 0.6 is 0 Å². The minimum atomic E-state index is -4.18. The number of nitro groups is 1. The van der Waals surface area contributed by atoms with Crippen LogP contribution in [0.2, 0.25) is 0 Å². The summed E-state index contributed by atoms with van der Waals surface area (Å²) in [5.74, 6) is 0. The van der Waals surface area contributed by atoms with Crippen LogP contribution in [0.5, 0.6) is 0 Å². The molecule has 0 aliphatic carbocycles. The van der Waals surface area contributed by atoms with Gasteiger partial charge < -0.3 is 9.84 Å². The van der Waals surface area contributed by atoms with Crippen LogP contribution in [-0.2, 0) is 14.6 Å². The van der Waals surface area contributed by atoms with Gasteiger partial charge in [0.2, 0.25) is 9.84 Å². The fraction of sp³-hybridized carbons (Fsp3) is 0.316. The predicted molar refractivity (Wildman–Crippen MR) is 106 cm³/mol. The molecule has 10 nitrogen and oxygen atoms in total. The lowest BCUT2D eigenvalue weighted by Gasteiger charge is -2.49. The third kappa shape index (κ3) is 3.86. The van der Waals surface area contributed by atoms with Crippen molar-refractivity contribution in [3.05, 3.63) is 70.3 Å². The van der Waals surface area contributed by atoms with Gasteiger partial charge in [-0.05, 0) is 24.6 Å². The van der Waals surface area contributed by atoms with Crippen molar-refractivity contribution in [2.45, 2.75) is 35.5 Å². The molecule has 3 unspecified atom stereocenters. The van der Waals surface area contributed by atoms with Crippen molar-refractivity contribution in [2.24, 2.45) is 0 Å². The van der Waals surface area contributed by atoms with Gasteiger partial charge in [0, 0.05) is 31.7 Å². The molecule has 1 saturated heterocycles. The topological polar surface area (TPSA) is 139 Å². The van der Waals surface area contributed by atoms with Crippen molar-refractivity contribution in [1.29, 1.82) is 0 Å². The molecule has 1 heterocycles. The molecule has 11 heteroatoms. The highest BCUT2D eigenvalue weighted by molar-refractivity contribution is 7.92. The Morgan fingerprint density at radius 2 is 1.93 bits per heavy atom. The zero-order valence-electron chi connectivity index (χ0n) is 16.3. The summed E-state index contributed by atoms with van der Waals surface area (Å²) in [5.41, 5.74) is -2.87. The summed E-state index contributed by atoms with van der Waals surface area (Å²) in [6.07, 6.45) is -1.44. The first-order chi connectivity index (χ1) is 14.1. The molecule has 1 aliphatic rings. The standard InChI is InChI=1S/C19H21N3O7S/c1-19(29-2)12-16(13-7-6-8-14(11-13)22(25)26)20-17(21(19)18(23)24)30(27,28)15-9-4-3-5-10-15/h3-11,16-17,20H,12H2,1-2H3,(H,23,24). The lowest BCUT2D eigenvalue weighted by molar-refractivity contribution is -0.385. The molecule has 2 aromatic carbocycles. The normalized spacial score (nSPS) is 24.4. The summed E-state index contributed by atoms with van der Waals surface area (Å²) in [4.78, 5) is 23.3. The van der Waals surface area contributed by atoms with Gasteiger partial charge in [0.1, 0.15) is 5.72 Å². The molecule has 0 bridgehead atoms. The summed E-state index contributed by atoms with van der Waals surface area (Å²) < 4.78 is 32.1. The Kier molecular flexibility index (Phi) is 5.79. The van der Waals surface area contributed by atoms with Crippen LogP contribution in [0.4, 0.5) is 10.5 Å². The molecule has 2 N–H and O–H groups in total. The van der Waals surface area contributed by atoms with Crippen LogP contribution in [-0.4, -0.2) is 47.8 Å². The molecule has 0 spiro atoms. The number of rotatable bonds is 5. The van der Waals surface area contributed by atoms with E-state index in [-0.39, 0.29) is 17.0 Å². The Morgan fingerprint density at radius 3 is 2.50 bits per heavy atom. The monoisotopic (exact) mass is 435 g/mol. The fourth-order valence-electron chi connectivity index (χ4n) is 3.55. The minimum absolute atomic E-state index is 0.0395. The summed E-state index contributed by atoms with van der Waals surface area (Å²) >= 11 is 0. The van der Waals surface area contributed by atoms with E-state index < -0.39 is 38.1 Å². The van der Waals surface area contributed by atoms with Crippen molar-refractivity contribution < 1.29 is 28.0 Å². The average Bonchev–Trinajstić information content (AvgIpc) is 2.73. The first kappa shape index (κ1) is 21.7. The zero-order chi connectivity index (χ0) is 22.1. The van der Waals surface area contributed by atoms with Crippen LogP contribution in [0.1, 0.15) is 24.9 Å². The smallest absolute Gasteiger partial charge is 0.411 e. The Morgan fingerprint density at radius 1 is 1.27 bits per heavy atom. The predicted octanol–water partition coefficient (Wildman–Crippen LogP) is 2.73. The molecule has 1 aliphatic heterocycles. The van der Waals surface area contributed by atoms with Gasteiger partial charge in [-0.15, -0.1) is 0 Å². The molecule has 0 radical (unpaired) electrons. The Bertz CT molecular complexity index is 1060. The first-order valence-corrected chi connectivity index (χ1v) is 10.5. The van der Waals surface area contributed by atoms with Crippen LogP contribution in [0.25, 0.3) is 0 Å². The summed E-state index contributed by atoms with van der Waals surface area (Å²) in [6.45, 7) is 1.47. The van der Waals surface area contributed by atoms with Crippen LogP contribution in [0.3, 0.4) is 0 Å². The number of nitrogens with one attached hydrogen (secondary N) is 1. The molecular formula is C19H21N3O7S. The second-order valence-electron chi connectivity index (χ2n) is 7.02. The lowest BCUT2D eigenvalue weighted by atomic mass is 9.94. The van der Waals surface area contributed by atoms with Gasteiger partial charge in [0.15, 0.2) is 5.50 Å². The maximum absolute atomic E-state index is 13.3. The number of sulfone groups is 1. The van der Waals surface area contributed by atoms with Gasteiger partial charge in [-0.2, -0.15) is 0 Å². The number of ether oxygens (including phenoxy) is 1. The van der Waals surface area contributed by atoms with Gasteiger partial charge in [0.25, 0.3) is 5.69 Å². The molecule has 160 valence electrons. The molecule has 2 aromatic rings. The number of nitrogens with zero attached hydrogens (tertiary/aromatic N) is 2. The quantitative estimate of drug-likeness (QED) is 0.540. The summed E-state index contributed by atoms with van der Waals surface area (Å²) in [5, 5.41) is 23.8.